The predicted octanol–water partition coefficient (Wildman–Crippen LogP) is 4.14. The van der Waals surface area contributed by atoms with E-state index in [2.05, 4.69) is 32.3 Å². The zero-order valence-electron chi connectivity index (χ0n) is 11.7. The van der Waals surface area contributed by atoms with E-state index in [0.29, 0.717) is 6.04 Å². The Morgan fingerprint density at radius 1 is 1.55 bits per heavy atom. The molecule has 1 aliphatic carbocycles. The van der Waals surface area contributed by atoms with Crippen molar-refractivity contribution in [3.8, 4) is 6.07 Å². The molecule has 1 N–H and O–H groups in total. The molecule has 1 fully saturated rings. The summed E-state index contributed by atoms with van der Waals surface area (Å²) < 4.78 is 1.06. The zero-order valence-corrected chi connectivity index (χ0v) is 14.1. The predicted molar refractivity (Wildman–Crippen MR) is 86.7 cm³/mol. The van der Waals surface area contributed by atoms with E-state index in [1.807, 2.05) is 25.3 Å². The Hall–Kier alpha value is -0.570. The van der Waals surface area contributed by atoms with E-state index < -0.39 is 0 Å². The first kappa shape index (κ1) is 15.8. The van der Waals surface area contributed by atoms with Gasteiger partial charge in [-0.15, -0.1) is 11.8 Å². The van der Waals surface area contributed by atoms with E-state index in [1.54, 1.807) is 11.8 Å². The topological polar surface area (TPSA) is 48.7 Å². The first-order valence-corrected chi connectivity index (χ1v) is 8.83. The van der Waals surface area contributed by atoms with Crippen LogP contribution in [0.1, 0.15) is 39.0 Å². The molecule has 0 aliphatic heterocycles. The summed E-state index contributed by atoms with van der Waals surface area (Å²) in [6.45, 7) is 2.02. The van der Waals surface area contributed by atoms with Crippen molar-refractivity contribution in [2.45, 2.75) is 55.6 Å². The van der Waals surface area contributed by atoms with Crippen molar-refractivity contribution in [2.24, 2.45) is 0 Å². The smallest absolute Gasteiger partial charge is 0.110 e. The van der Waals surface area contributed by atoms with Crippen LogP contribution in [0.5, 0.6) is 0 Å². The number of hydrogen-bond donors (Lipinski definition) is 1. The van der Waals surface area contributed by atoms with Gasteiger partial charge >= 0.3 is 0 Å². The van der Waals surface area contributed by atoms with Crippen LogP contribution < -0.4 is 5.32 Å². The van der Waals surface area contributed by atoms with Gasteiger partial charge in [-0.25, -0.2) is 4.98 Å². The molecule has 0 bridgehead atoms. The van der Waals surface area contributed by atoms with E-state index in [9.17, 15) is 5.26 Å². The van der Waals surface area contributed by atoms with E-state index in [0.717, 1.165) is 34.5 Å². The normalized spacial score (nSPS) is 17.4. The number of pyridine rings is 1. The van der Waals surface area contributed by atoms with Crippen LogP contribution >= 0.6 is 27.7 Å². The first-order valence-electron chi connectivity index (χ1n) is 7.05. The summed E-state index contributed by atoms with van der Waals surface area (Å²) in [5.74, 6) is 1.04. The summed E-state index contributed by atoms with van der Waals surface area (Å²) in [6, 6.07) is 6.95. The van der Waals surface area contributed by atoms with Crippen LogP contribution in [0.25, 0.3) is 0 Å². The van der Waals surface area contributed by atoms with Crippen molar-refractivity contribution in [3.05, 3.63) is 22.8 Å². The Bertz CT molecular complexity index is 484. The van der Waals surface area contributed by atoms with Crippen molar-refractivity contribution in [3.63, 3.8) is 0 Å². The minimum atomic E-state index is -0.350. The van der Waals surface area contributed by atoms with Crippen LogP contribution in [0.4, 0.5) is 0 Å². The summed E-state index contributed by atoms with van der Waals surface area (Å²) in [5.41, 5.74) is -0.350. The Morgan fingerprint density at radius 2 is 2.35 bits per heavy atom. The molecule has 3 nitrogen and oxygen atoms in total. The lowest BCUT2D eigenvalue weighted by molar-refractivity contribution is 0.402. The van der Waals surface area contributed by atoms with Gasteiger partial charge < -0.3 is 0 Å². The minimum absolute atomic E-state index is 0.350. The van der Waals surface area contributed by atoms with Crippen LogP contribution in [-0.4, -0.2) is 22.3 Å². The molecular weight excluding hydrogens is 334 g/mol. The van der Waals surface area contributed by atoms with Crippen LogP contribution in [0.2, 0.25) is 0 Å². The Morgan fingerprint density at radius 3 is 3.00 bits per heavy atom. The highest BCUT2D eigenvalue weighted by molar-refractivity contribution is 9.10. The number of hydrogen-bond acceptors (Lipinski definition) is 4. The van der Waals surface area contributed by atoms with Crippen LogP contribution in [0.15, 0.2) is 27.8 Å². The van der Waals surface area contributed by atoms with Crippen LogP contribution in [0.3, 0.4) is 0 Å². The molecule has 0 saturated heterocycles. The van der Waals surface area contributed by atoms with E-state index in [4.69, 9.17) is 0 Å². The number of aromatic nitrogens is 1. The van der Waals surface area contributed by atoms with Crippen molar-refractivity contribution >= 4 is 27.7 Å². The summed E-state index contributed by atoms with van der Waals surface area (Å²) in [6.07, 6.45) is 7.36. The molecule has 0 spiro atoms. The quantitative estimate of drug-likeness (QED) is 0.563. The van der Waals surface area contributed by atoms with Crippen molar-refractivity contribution < 1.29 is 0 Å². The largest absolute Gasteiger partial charge is 0.297 e. The number of nitriles is 1. The maximum absolute atomic E-state index is 9.30. The minimum Gasteiger partial charge on any atom is -0.297 e. The summed E-state index contributed by atoms with van der Waals surface area (Å²) >= 11 is 5.28. The maximum Gasteiger partial charge on any atom is 0.110 e. The van der Waals surface area contributed by atoms with Gasteiger partial charge in [-0.3, -0.25) is 5.32 Å². The van der Waals surface area contributed by atoms with Gasteiger partial charge in [0.1, 0.15) is 10.6 Å². The molecule has 1 aromatic rings. The Labute approximate surface area is 133 Å². The molecule has 1 heterocycles. The average Bonchev–Trinajstić information content (AvgIpc) is 3.24. The average molecular weight is 354 g/mol. The van der Waals surface area contributed by atoms with E-state index in [1.165, 1.54) is 12.8 Å². The van der Waals surface area contributed by atoms with Crippen molar-refractivity contribution in [2.75, 3.05) is 5.75 Å². The number of thioether (sulfide) groups is 1. The highest BCUT2D eigenvalue weighted by Gasteiger charge is 2.31. The van der Waals surface area contributed by atoms with Crippen molar-refractivity contribution in [1.82, 2.24) is 10.3 Å². The lowest BCUT2D eigenvalue weighted by Gasteiger charge is -2.23. The second kappa shape index (κ2) is 7.44. The summed E-state index contributed by atoms with van der Waals surface area (Å²) in [7, 11) is 0. The molecule has 1 aliphatic rings. The highest BCUT2D eigenvalue weighted by Crippen LogP contribution is 2.27. The van der Waals surface area contributed by atoms with Crippen LogP contribution in [0, 0.1) is 11.3 Å². The monoisotopic (exact) mass is 353 g/mol. The maximum atomic E-state index is 9.30. The van der Waals surface area contributed by atoms with E-state index in [-0.39, 0.29) is 5.54 Å². The highest BCUT2D eigenvalue weighted by atomic mass is 79.9. The number of unbranched alkanes of at least 4 members (excludes halogenated alkanes) is 1. The van der Waals surface area contributed by atoms with Crippen LogP contribution in [-0.2, 0) is 0 Å². The Balaban J connectivity index is 1.66. The third kappa shape index (κ3) is 5.08. The SMILES string of the molecule is CC(C#N)(CCCCSc1ncccc1Br)NC1CC1. The lowest BCUT2D eigenvalue weighted by Crippen LogP contribution is -2.42. The molecule has 1 unspecified atom stereocenters. The standard InChI is InChI=1S/C15H20BrN3S/c1-15(11-17,19-12-6-7-12)8-2-3-10-20-14-13(16)5-4-9-18-14/h4-5,9,12,19H,2-3,6-8,10H2,1H3. The van der Waals surface area contributed by atoms with Gasteiger partial charge in [0.05, 0.1) is 6.07 Å². The second-order valence-corrected chi connectivity index (χ2v) is 7.40. The van der Waals surface area contributed by atoms with Gasteiger partial charge in [0.2, 0.25) is 0 Å². The molecule has 1 saturated carbocycles. The number of nitrogens with zero attached hydrogens (tertiary/aromatic N) is 2. The lowest BCUT2D eigenvalue weighted by atomic mass is 9.96. The second-order valence-electron chi connectivity index (χ2n) is 5.46. The molecule has 1 aromatic heterocycles. The fourth-order valence-electron chi connectivity index (χ4n) is 2.07. The van der Waals surface area contributed by atoms with Gasteiger partial charge in [0.25, 0.3) is 0 Å². The zero-order chi connectivity index (χ0) is 14.4. The van der Waals surface area contributed by atoms with Gasteiger partial charge in [-0.2, -0.15) is 5.26 Å². The number of rotatable bonds is 8. The third-order valence-corrected chi connectivity index (χ3v) is 5.38. The third-order valence-electron chi connectivity index (χ3n) is 3.38. The molecule has 108 valence electrons. The van der Waals surface area contributed by atoms with Crippen molar-refractivity contribution in [1.29, 1.82) is 5.26 Å². The van der Waals surface area contributed by atoms with Gasteiger partial charge in [0.15, 0.2) is 0 Å². The molecule has 0 aromatic carbocycles. The molecule has 2 rings (SSSR count). The van der Waals surface area contributed by atoms with Gasteiger partial charge in [0, 0.05) is 16.7 Å². The number of nitrogens with one attached hydrogen (secondary N) is 1. The number of halogens is 1. The Kier molecular flexibility index (Phi) is 5.88. The molecular formula is C15H20BrN3S. The van der Waals surface area contributed by atoms with Gasteiger partial charge in [-0.05, 0) is 72.8 Å². The van der Waals surface area contributed by atoms with E-state index >= 15 is 0 Å². The fraction of sp³-hybridized carbons (Fsp3) is 0.600. The summed E-state index contributed by atoms with van der Waals surface area (Å²) in [4.78, 5) is 4.34. The van der Waals surface area contributed by atoms with Gasteiger partial charge in [-0.1, -0.05) is 0 Å². The molecule has 0 amide bonds. The first-order chi connectivity index (χ1) is 9.63. The molecule has 1 atom stereocenters. The fourth-order valence-corrected chi connectivity index (χ4v) is 3.55. The molecule has 20 heavy (non-hydrogen) atoms. The summed E-state index contributed by atoms with van der Waals surface area (Å²) in [5, 5.41) is 13.8. The molecule has 5 heteroatoms. The molecule has 0 radical (unpaired) electrons.